The molecular weight excluding hydrogens is 318 g/mol. The van der Waals surface area contributed by atoms with Crippen LogP contribution in [0.2, 0.25) is 0 Å². The summed E-state index contributed by atoms with van der Waals surface area (Å²) in [5.74, 6) is 0.213. The first-order valence-electron chi connectivity index (χ1n) is 8.92. The van der Waals surface area contributed by atoms with Crippen LogP contribution in [0.4, 0.5) is 0 Å². The van der Waals surface area contributed by atoms with Crippen LogP contribution in [0.5, 0.6) is 0 Å². The molecule has 1 amide bonds. The van der Waals surface area contributed by atoms with Crippen LogP contribution in [-0.2, 0) is 0 Å². The predicted octanol–water partition coefficient (Wildman–Crippen LogP) is 1.74. The molecule has 132 valence electrons. The Labute approximate surface area is 146 Å². The molecule has 7 nitrogen and oxygen atoms in total. The second kappa shape index (κ2) is 6.22. The van der Waals surface area contributed by atoms with Crippen LogP contribution in [0.25, 0.3) is 5.69 Å². The highest BCUT2D eigenvalue weighted by atomic mass is 16.3. The molecule has 1 aliphatic heterocycles. The lowest BCUT2D eigenvalue weighted by atomic mass is 9.71. The third-order valence-corrected chi connectivity index (χ3v) is 5.77. The third-order valence-electron chi connectivity index (χ3n) is 5.77. The van der Waals surface area contributed by atoms with Gasteiger partial charge in [-0.25, -0.2) is 4.68 Å². The van der Waals surface area contributed by atoms with E-state index in [0.29, 0.717) is 25.1 Å². The molecule has 25 heavy (non-hydrogen) atoms. The summed E-state index contributed by atoms with van der Waals surface area (Å²) in [6, 6.07) is 5.62. The van der Waals surface area contributed by atoms with Gasteiger partial charge in [-0.15, -0.1) is 5.10 Å². The normalized spacial score (nSPS) is 26.3. The van der Waals surface area contributed by atoms with E-state index in [1.54, 1.807) is 4.68 Å². The van der Waals surface area contributed by atoms with Gasteiger partial charge in [-0.1, -0.05) is 18.9 Å². The number of piperidine rings is 1. The van der Waals surface area contributed by atoms with Crippen LogP contribution < -0.4 is 0 Å². The topological polar surface area (TPSA) is 84.1 Å². The van der Waals surface area contributed by atoms with E-state index >= 15 is 0 Å². The Bertz CT molecular complexity index is 776. The molecule has 2 aromatic rings. The number of hydrogen-bond acceptors (Lipinski definition) is 5. The molecule has 1 N–H and O–H groups in total. The molecule has 0 radical (unpaired) electrons. The van der Waals surface area contributed by atoms with Gasteiger partial charge in [-0.05, 0) is 54.3 Å². The van der Waals surface area contributed by atoms with Crippen molar-refractivity contribution in [1.82, 2.24) is 25.1 Å². The van der Waals surface area contributed by atoms with Crippen LogP contribution >= 0.6 is 0 Å². The van der Waals surface area contributed by atoms with Gasteiger partial charge in [-0.2, -0.15) is 0 Å². The largest absolute Gasteiger partial charge is 0.389 e. The summed E-state index contributed by atoms with van der Waals surface area (Å²) in [6.45, 7) is 3.22. The SMILES string of the molecule is Cc1ccc(C(=O)N2CC[C@]3(O)CCCC[C@H]3C2)cc1-n1cnnn1. The lowest BCUT2D eigenvalue weighted by Crippen LogP contribution is -2.54. The van der Waals surface area contributed by atoms with Crippen LogP contribution in [-0.4, -0.2) is 54.8 Å². The fraction of sp³-hybridized carbons (Fsp3) is 0.556. The molecule has 0 spiro atoms. The zero-order chi connectivity index (χ0) is 17.4. The molecule has 1 saturated carbocycles. The maximum atomic E-state index is 13.0. The summed E-state index contributed by atoms with van der Waals surface area (Å²) in [5.41, 5.74) is 1.88. The van der Waals surface area contributed by atoms with Gasteiger partial charge in [0.05, 0.1) is 11.3 Å². The Kier molecular flexibility index (Phi) is 4.03. The molecule has 0 unspecified atom stereocenters. The first kappa shape index (κ1) is 16.2. The number of rotatable bonds is 2. The maximum absolute atomic E-state index is 13.0. The summed E-state index contributed by atoms with van der Waals surface area (Å²) >= 11 is 0. The number of benzene rings is 1. The van der Waals surface area contributed by atoms with Crippen molar-refractivity contribution < 1.29 is 9.90 Å². The third kappa shape index (κ3) is 2.93. The Hall–Kier alpha value is -2.28. The lowest BCUT2D eigenvalue weighted by molar-refractivity contribution is -0.0886. The number of carbonyl (C=O) groups excluding carboxylic acids is 1. The quantitative estimate of drug-likeness (QED) is 0.899. The van der Waals surface area contributed by atoms with E-state index < -0.39 is 5.60 Å². The number of amides is 1. The van der Waals surface area contributed by atoms with Crippen molar-refractivity contribution in [3.63, 3.8) is 0 Å². The second-order valence-corrected chi connectivity index (χ2v) is 7.30. The second-order valence-electron chi connectivity index (χ2n) is 7.30. The van der Waals surface area contributed by atoms with Gasteiger partial charge in [0, 0.05) is 24.6 Å². The molecule has 7 heteroatoms. The molecule has 4 rings (SSSR count). The fourth-order valence-corrected chi connectivity index (χ4v) is 4.20. The molecule has 2 atom stereocenters. The highest BCUT2D eigenvalue weighted by Crippen LogP contribution is 2.40. The molecule has 2 heterocycles. The Balaban J connectivity index is 1.56. The van der Waals surface area contributed by atoms with Gasteiger partial charge >= 0.3 is 0 Å². The predicted molar refractivity (Wildman–Crippen MR) is 91.3 cm³/mol. The first-order chi connectivity index (χ1) is 12.1. The highest BCUT2D eigenvalue weighted by molar-refractivity contribution is 5.95. The first-order valence-corrected chi connectivity index (χ1v) is 8.92. The number of aromatic nitrogens is 4. The molecule has 0 bridgehead atoms. The van der Waals surface area contributed by atoms with E-state index in [1.165, 1.54) is 6.33 Å². The average molecular weight is 341 g/mol. The summed E-state index contributed by atoms with van der Waals surface area (Å²) in [7, 11) is 0. The number of nitrogens with zero attached hydrogens (tertiary/aromatic N) is 5. The Morgan fingerprint density at radius 1 is 1.32 bits per heavy atom. The van der Waals surface area contributed by atoms with Crippen molar-refractivity contribution in [2.75, 3.05) is 13.1 Å². The summed E-state index contributed by atoms with van der Waals surface area (Å²) < 4.78 is 1.57. The molecule has 1 aromatic heterocycles. The van der Waals surface area contributed by atoms with Crippen molar-refractivity contribution in [1.29, 1.82) is 0 Å². The van der Waals surface area contributed by atoms with Gasteiger partial charge in [0.15, 0.2) is 0 Å². The number of aryl methyl sites for hydroxylation is 1. The smallest absolute Gasteiger partial charge is 0.253 e. The molecule has 1 saturated heterocycles. The minimum absolute atomic E-state index is 0.0157. The maximum Gasteiger partial charge on any atom is 0.253 e. The summed E-state index contributed by atoms with van der Waals surface area (Å²) in [5, 5.41) is 22.1. The van der Waals surface area contributed by atoms with Crippen molar-refractivity contribution in [3.8, 4) is 5.69 Å². The summed E-state index contributed by atoms with van der Waals surface area (Å²) in [4.78, 5) is 14.9. The van der Waals surface area contributed by atoms with Gasteiger partial charge in [-0.3, -0.25) is 4.79 Å². The van der Waals surface area contributed by atoms with E-state index in [1.807, 2.05) is 30.0 Å². The van der Waals surface area contributed by atoms with Crippen LogP contribution in [0.15, 0.2) is 24.5 Å². The standard InChI is InChI=1S/C18H23N5O2/c1-13-5-6-14(10-16(13)23-12-19-20-21-23)17(24)22-9-8-18(25)7-3-2-4-15(18)11-22/h5-6,10,12,15,25H,2-4,7-9,11H2,1H3/t15-,18+/m0/s1. The van der Waals surface area contributed by atoms with Crippen molar-refractivity contribution in [3.05, 3.63) is 35.7 Å². The molecule has 1 aromatic carbocycles. The van der Waals surface area contributed by atoms with Crippen LogP contribution in [0, 0.1) is 12.8 Å². The lowest BCUT2D eigenvalue weighted by Gasteiger charge is -2.47. The monoisotopic (exact) mass is 341 g/mol. The number of aliphatic hydroxyl groups is 1. The van der Waals surface area contributed by atoms with Gasteiger partial charge in [0.25, 0.3) is 5.91 Å². The Morgan fingerprint density at radius 3 is 3.00 bits per heavy atom. The van der Waals surface area contributed by atoms with Gasteiger partial charge < -0.3 is 10.0 Å². The van der Waals surface area contributed by atoms with Crippen LogP contribution in [0.1, 0.15) is 48.0 Å². The number of carbonyl (C=O) groups is 1. The van der Waals surface area contributed by atoms with Crippen molar-refractivity contribution >= 4 is 5.91 Å². The zero-order valence-corrected chi connectivity index (χ0v) is 14.4. The van der Waals surface area contributed by atoms with Crippen LogP contribution in [0.3, 0.4) is 0 Å². The van der Waals surface area contributed by atoms with Crippen molar-refractivity contribution in [2.24, 2.45) is 5.92 Å². The van der Waals surface area contributed by atoms with E-state index in [9.17, 15) is 9.90 Å². The zero-order valence-electron chi connectivity index (χ0n) is 14.4. The van der Waals surface area contributed by atoms with E-state index in [0.717, 1.165) is 36.9 Å². The van der Waals surface area contributed by atoms with E-state index in [-0.39, 0.29) is 11.8 Å². The van der Waals surface area contributed by atoms with Crippen molar-refractivity contribution in [2.45, 2.75) is 44.6 Å². The molecular formula is C18H23N5O2. The molecule has 2 aliphatic rings. The number of likely N-dealkylation sites (tertiary alicyclic amines) is 1. The summed E-state index contributed by atoms with van der Waals surface area (Å²) in [6.07, 6.45) is 6.31. The molecule has 2 fully saturated rings. The highest BCUT2D eigenvalue weighted by Gasteiger charge is 2.43. The number of hydrogen-bond donors (Lipinski definition) is 1. The van der Waals surface area contributed by atoms with E-state index in [2.05, 4.69) is 15.5 Å². The minimum atomic E-state index is -0.570. The number of fused-ring (bicyclic) bond motifs is 1. The molecule has 1 aliphatic carbocycles. The fourth-order valence-electron chi connectivity index (χ4n) is 4.20. The van der Waals surface area contributed by atoms with Gasteiger partial charge in [0.2, 0.25) is 0 Å². The van der Waals surface area contributed by atoms with Gasteiger partial charge in [0.1, 0.15) is 6.33 Å². The minimum Gasteiger partial charge on any atom is -0.389 e. The Morgan fingerprint density at radius 2 is 2.20 bits per heavy atom. The average Bonchev–Trinajstić information content (AvgIpc) is 3.15. The number of tetrazole rings is 1. The van der Waals surface area contributed by atoms with E-state index in [4.69, 9.17) is 0 Å².